The summed E-state index contributed by atoms with van der Waals surface area (Å²) in [5.74, 6) is 1.21. The van der Waals surface area contributed by atoms with Crippen LogP contribution in [0.1, 0.15) is 36.2 Å². The van der Waals surface area contributed by atoms with E-state index in [4.69, 9.17) is 5.26 Å². The van der Waals surface area contributed by atoms with Crippen LogP contribution in [-0.2, 0) is 0 Å². The smallest absolute Gasteiger partial charge is 0.253 e. The highest BCUT2D eigenvalue weighted by molar-refractivity contribution is 5.94. The van der Waals surface area contributed by atoms with E-state index in [1.807, 2.05) is 4.90 Å². The Bertz CT molecular complexity index is 462. The van der Waals surface area contributed by atoms with Gasteiger partial charge in [-0.1, -0.05) is 13.8 Å². The van der Waals surface area contributed by atoms with Gasteiger partial charge in [0.1, 0.15) is 0 Å². The first-order valence-corrected chi connectivity index (χ1v) is 6.39. The summed E-state index contributed by atoms with van der Waals surface area (Å²) in [6.07, 6.45) is 1.19. The van der Waals surface area contributed by atoms with Crippen molar-refractivity contribution in [2.45, 2.75) is 20.3 Å². The lowest BCUT2D eigenvalue weighted by Crippen LogP contribution is -2.42. The second kappa shape index (κ2) is 5.22. The second-order valence-corrected chi connectivity index (χ2v) is 5.35. The van der Waals surface area contributed by atoms with Gasteiger partial charge >= 0.3 is 0 Å². The van der Waals surface area contributed by atoms with Crippen molar-refractivity contribution in [2.24, 2.45) is 11.8 Å². The fourth-order valence-electron chi connectivity index (χ4n) is 2.70. The molecule has 1 saturated heterocycles. The molecule has 1 fully saturated rings. The van der Waals surface area contributed by atoms with Crippen LogP contribution >= 0.6 is 0 Å². The lowest BCUT2D eigenvalue weighted by atomic mass is 9.91. The summed E-state index contributed by atoms with van der Waals surface area (Å²) in [4.78, 5) is 14.3. The quantitative estimate of drug-likeness (QED) is 0.760. The molecule has 3 nitrogen and oxygen atoms in total. The number of amides is 1. The SMILES string of the molecule is C[C@@H]1C[C@@H](C)CN(C(=O)c2ccc(C#N)cc2)C1. The minimum Gasteiger partial charge on any atom is -0.338 e. The van der Waals surface area contributed by atoms with Gasteiger partial charge in [0.05, 0.1) is 11.6 Å². The minimum atomic E-state index is 0.0814. The van der Waals surface area contributed by atoms with Crippen LogP contribution < -0.4 is 0 Å². The van der Waals surface area contributed by atoms with E-state index < -0.39 is 0 Å². The van der Waals surface area contributed by atoms with Gasteiger partial charge in [-0.05, 0) is 42.5 Å². The second-order valence-electron chi connectivity index (χ2n) is 5.35. The van der Waals surface area contributed by atoms with Crippen LogP contribution in [0.15, 0.2) is 24.3 Å². The number of nitrogens with zero attached hydrogens (tertiary/aromatic N) is 2. The Morgan fingerprint density at radius 2 is 1.78 bits per heavy atom. The summed E-state index contributed by atoms with van der Waals surface area (Å²) in [6, 6.07) is 8.94. The lowest BCUT2D eigenvalue weighted by molar-refractivity contribution is 0.0623. The molecule has 2 rings (SSSR count). The van der Waals surface area contributed by atoms with Gasteiger partial charge in [-0.2, -0.15) is 5.26 Å². The average Bonchev–Trinajstić information content (AvgIpc) is 2.37. The number of hydrogen-bond donors (Lipinski definition) is 0. The van der Waals surface area contributed by atoms with E-state index in [0.29, 0.717) is 23.0 Å². The van der Waals surface area contributed by atoms with Gasteiger partial charge in [-0.25, -0.2) is 0 Å². The summed E-state index contributed by atoms with van der Waals surface area (Å²) >= 11 is 0. The molecule has 0 radical (unpaired) electrons. The zero-order valence-electron chi connectivity index (χ0n) is 10.9. The predicted octanol–water partition coefficient (Wildman–Crippen LogP) is 2.68. The first-order valence-electron chi connectivity index (χ1n) is 6.39. The molecule has 18 heavy (non-hydrogen) atoms. The summed E-state index contributed by atoms with van der Waals surface area (Å²) in [5, 5.41) is 8.74. The van der Waals surface area contributed by atoms with Gasteiger partial charge in [0.2, 0.25) is 0 Å². The number of hydrogen-bond acceptors (Lipinski definition) is 2. The molecule has 3 heteroatoms. The van der Waals surface area contributed by atoms with Crippen LogP contribution in [-0.4, -0.2) is 23.9 Å². The van der Waals surface area contributed by atoms with Crippen molar-refractivity contribution in [3.8, 4) is 6.07 Å². The van der Waals surface area contributed by atoms with Crippen LogP contribution in [0.4, 0.5) is 0 Å². The van der Waals surface area contributed by atoms with Crippen molar-refractivity contribution in [3.05, 3.63) is 35.4 Å². The molecule has 0 unspecified atom stereocenters. The molecule has 0 saturated carbocycles. The first kappa shape index (κ1) is 12.6. The third-order valence-corrected chi connectivity index (χ3v) is 3.42. The number of carbonyl (C=O) groups excluding carboxylic acids is 1. The highest BCUT2D eigenvalue weighted by Crippen LogP contribution is 2.22. The highest BCUT2D eigenvalue weighted by atomic mass is 16.2. The zero-order chi connectivity index (χ0) is 13.1. The van der Waals surface area contributed by atoms with Crippen LogP contribution in [0.25, 0.3) is 0 Å². The maximum atomic E-state index is 12.3. The van der Waals surface area contributed by atoms with Crippen molar-refractivity contribution < 1.29 is 4.79 Å². The number of nitriles is 1. The summed E-state index contributed by atoms with van der Waals surface area (Å²) < 4.78 is 0. The van der Waals surface area contributed by atoms with Gasteiger partial charge in [0, 0.05) is 18.7 Å². The van der Waals surface area contributed by atoms with Crippen molar-refractivity contribution in [2.75, 3.05) is 13.1 Å². The number of carbonyl (C=O) groups is 1. The average molecular weight is 242 g/mol. The summed E-state index contributed by atoms with van der Waals surface area (Å²) in [5.41, 5.74) is 1.27. The molecule has 1 aromatic carbocycles. The molecule has 0 aromatic heterocycles. The van der Waals surface area contributed by atoms with E-state index in [1.165, 1.54) is 6.42 Å². The van der Waals surface area contributed by atoms with E-state index in [0.717, 1.165) is 13.1 Å². The molecule has 94 valence electrons. The molecule has 0 aliphatic carbocycles. The topological polar surface area (TPSA) is 44.1 Å². The monoisotopic (exact) mass is 242 g/mol. The molecule has 1 aliphatic heterocycles. The van der Waals surface area contributed by atoms with Crippen molar-refractivity contribution >= 4 is 5.91 Å². The standard InChI is InChI=1S/C15H18N2O/c1-11-7-12(2)10-17(9-11)15(18)14-5-3-13(8-16)4-6-14/h3-6,11-12H,7,9-10H2,1-2H3/t11-,12-/m1/s1. The van der Waals surface area contributed by atoms with E-state index >= 15 is 0 Å². The summed E-state index contributed by atoms with van der Waals surface area (Å²) in [6.45, 7) is 6.05. The highest BCUT2D eigenvalue weighted by Gasteiger charge is 2.25. The van der Waals surface area contributed by atoms with Crippen LogP contribution in [0.5, 0.6) is 0 Å². The van der Waals surface area contributed by atoms with Crippen LogP contribution in [0.2, 0.25) is 0 Å². The number of piperidine rings is 1. The molecule has 1 heterocycles. The predicted molar refractivity (Wildman–Crippen MR) is 70.0 cm³/mol. The maximum absolute atomic E-state index is 12.3. The van der Waals surface area contributed by atoms with Crippen LogP contribution in [0, 0.1) is 23.2 Å². The van der Waals surface area contributed by atoms with Gasteiger partial charge in [0.15, 0.2) is 0 Å². The van der Waals surface area contributed by atoms with E-state index in [1.54, 1.807) is 24.3 Å². The molecule has 0 N–H and O–H groups in total. The molecule has 2 atom stereocenters. The van der Waals surface area contributed by atoms with E-state index in [9.17, 15) is 4.79 Å². The Hall–Kier alpha value is -1.82. The Balaban J connectivity index is 2.12. The molecule has 1 amide bonds. The van der Waals surface area contributed by atoms with Gasteiger partial charge in [0.25, 0.3) is 5.91 Å². The lowest BCUT2D eigenvalue weighted by Gasteiger charge is -2.35. The van der Waals surface area contributed by atoms with Gasteiger partial charge < -0.3 is 4.90 Å². The molecule has 1 aromatic rings. The molecule has 0 bridgehead atoms. The normalized spacial score (nSPS) is 23.5. The van der Waals surface area contributed by atoms with Crippen molar-refractivity contribution in [1.82, 2.24) is 4.90 Å². The molecular formula is C15H18N2O. The largest absolute Gasteiger partial charge is 0.338 e. The van der Waals surface area contributed by atoms with Gasteiger partial charge in [-0.3, -0.25) is 4.79 Å². The Morgan fingerprint density at radius 1 is 1.22 bits per heavy atom. The number of rotatable bonds is 1. The minimum absolute atomic E-state index is 0.0814. The van der Waals surface area contributed by atoms with E-state index in [2.05, 4.69) is 19.9 Å². The third-order valence-electron chi connectivity index (χ3n) is 3.42. The first-order chi connectivity index (χ1) is 8.60. The molecular weight excluding hydrogens is 224 g/mol. The molecule has 1 aliphatic rings. The van der Waals surface area contributed by atoms with Crippen LogP contribution in [0.3, 0.4) is 0 Å². The maximum Gasteiger partial charge on any atom is 0.253 e. The fraction of sp³-hybridized carbons (Fsp3) is 0.467. The number of likely N-dealkylation sites (tertiary alicyclic amines) is 1. The van der Waals surface area contributed by atoms with Crippen molar-refractivity contribution in [1.29, 1.82) is 5.26 Å². The zero-order valence-corrected chi connectivity index (χ0v) is 10.9. The van der Waals surface area contributed by atoms with E-state index in [-0.39, 0.29) is 5.91 Å². The Morgan fingerprint density at radius 3 is 2.28 bits per heavy atom. The third kappa shape index (κ3) is 2.70. The van der Waals surface area contributed by atoms with Crippen molar-refractivity contribution in [3.63, 3.8) is 0 Å². The number of benzene rings is 1. The Kier molecular flexibility index (Phi) is 3.66. The Labute approximate surface area is 108 Å². The van der Waals surface area contributed by atoms with Gasteiger partial charge in [-0.15, -0.1) is 0 Å². The molecule has 0 spiro atoms. The fourth-order valence-corrected chi connectivity index (χ4v) is 2.70. The summed E-state index contributed by atoms with van der Waals surface area (Å²) in [7, 11) is 0.